The van der Waals surface area contributed by atoms with Gasteiger partial charge in [-0.2, -0.15) is 4.31 Å². The Morgan fingerprint density at radius 2 is 1.95 bits per heavy atom. The number of primary amides is 1. The Kier molecular flexibility index (Phi) is 4.79. The minimum absolute atomic E-state index is 0.102. The summed E-state index contributed by atoms with van der Waals surface area (Å²) in [6.45, 7) is -0.327. The topological polar surface area (TPSA) is 118 Å². The zero-order valence-corrected chi connectivity index (χ0v) is 11.4. The summed E-state index contributed by atoms with van der Waals surface area (Å²) in [6, 6.07) is 2.94. The van der Waals surface area contributed by atoms with Crippen molar-refractivity contribution in [2.45, 2.75) is 11.8 Å². The summed E-state index contributed by atoms with van der Waals surface area (Å²) in [7, 11) is -4.25. The molecule has 0 radical (unpaired) electrons. The van der Waals surface area contributed by atoms with Crippen molar-refractivity contribution in [3.8, 4) is 0 Å². The lowest BCUT2D eigenvalue weighted by molar-refractivity contribution is -0.137. The molecule has 0 saturated carbocycles. The van der Waals surface area contributed by atoms with E-state index < -0.39 is 40.8 Å². The number of amides is 1. The second-order valence-electron chi connectivity index (χ2n) is 4.04. The summed E-state index contributed by atoms with van der Waals surface area (Å²) in [5, 5.41) is 8.70. The van der Waals surface area contributed by atoms with Gasteiger partial charge in [0.1, 0.15) is 12.4 Å². The minimum Gasteiger partial charge on any atom is -0.480 e. The number of hydrogen-bond donors (Lipinski definition) is 2. The molecule has 0 heterocycles. The lowest BCUT2D eigenvalue weighted by Crippen LogP contribution is -2.41. The van der Waals surface area contributed by atoms with Crippen molar-refractivity contribution >= 4 is 21.9 Å². The lowest BCUT2D eigenvalue weighted by atomic mass is 10.2. The first kappa shape index (κ1) is 16.1. The van der Waals surface area contributed by atoms with Crippen molar-refractivity contribution in [3.63, 3.8) is 0 Å². The highest BCUT2D eigenvalue weighted by atomic mass is 32.2. The number of carboxylic acid groups (broad SMARTS) is 1. The van der Waals surface area contributed by atoms with E-state index in [1.165, 1.54) is 6.92 Å². The van der Waals surface area contributed by atoms with E-state index in [-0.39, 0.29) is 10.5 Å². The lowest BCUT2D eigenvalue weighted by Gasteiger charge is -2.19. The monoisotopic (exact) mass is 304 g/mol. The van der Waals surface area contributed by atoms with Gasteiger partial charge in [-0.05, 0) is 30.7 Å². The number of halogens is 1. The molecular weight excluding hydrogens is 291 g/mol. The van der Waals surface area contributed by atoms with E-state index in [9.17, 15) is 22.4 Å². The van der Waals surface area contributed by atoms with Crippen LogP contribution < -0.4 is 5.73 Å². The molecular formula is C11H13FN2O5S. The second kappa shape index (κ2) is 5.97. The highest BCUT2D eigenvalue weighted by Crippen LogP contribution is 2.20. The van der Waals surface area contributed by atoms with Crippen LogP contribution in [-0.2, 0) is 19.6 Å². The number of aliphatic carboxylic acids is 1. The number of sulfonamides is 1. The molecule has 7 nitrogen and oxygen atoms in total. The summed E-state index contributed by atoms with van der Waals surface area (Å²) in [4.78, 5) is 21.3. The minimum atomic E-state index is -4.25. The normalized spacial score (nSPS) is 11.6. The van der Waals surface area contributed by atoms with Gasteiger partial charge in [0.2, 0.25) is 15.9 Å². The highest BCUT2D eigenvalue weighted by Gasteiger charge is 2.29. The van der Waals surface area contributed by atoms with Crippen molar-refractivity contribution in [1.29, 1.82) is 0 Å². The number of benzene rings is 1. The largest absolute Gasteiger partial charge is 0.480 e. The Bertz CT molecular complexity index is 628. The molecule has 9 heteroatoms. The van der Waals surface area contributed by atoms with Crippen molar-refractivity contribution in [3.05, 3.63) is 29.6 Å². The smallest absolute Gasteiger partial charge is 0.318 e. The van der Waals surface area contributed by atoms with Crippen molar-refractivity contribution in [2.24, 2.45) is 5.73 Å². The van der Waals surface area contributed by atoms with E-state index in [4.69, 9.17) is 10.8 Å². The SMILES string of the molecule is Cc1cc(F)ccc1S(=O)(=O)N(CC(N)=O)CC(=O)O. The molecule has 0 atom stereocenters. The van der Waals surface area contributed by atoms with E-state index in [1.807, 2.05) is 0 Å². The second-order valence-corrected chi connectivity index (χ2v) is 5.95. The Hall–Kier alpha value is -2.00. The molecule has 1 rings (SSSR count). The number of hydrogen-bond acceptors (Lipinski definition) is 4. The van der Waals surface area contributed by atoms with Gasteiger partial charge in [0.25, 0.3) is 0 Å². The molecule has 0 unspecified atom stereocenters. The average molecular weight is 304 g/mol. The molecule has 0 spiro atoms. The van der Waals surface area contributed by atoms with Gasteiger partial charge in [0, 0.05) is 0 Å². The van der Waals surface area contributed by atoms with Gasteiger partial charge in [0.05, 0.1) is 11.4 Å². The summed E-state index contributed by atoms with van der Waals surface area (Å²) < 4.78 is 37.9. The molecule has 0 saturated heterocycles. The van der Waals surface area contributed by atoms with Crippen LogP contribution in [0.4, 0.5) is 4.39 Å². The van der Waals surface area contributed by atoms with Gasteiger partial charge in [0.15, 0.2) is 0 Å². The van der Waals surface area contributed by atoms with E-state index in [1.54, 1.807) is 0 Å². The summed E-state index contributed by atoms with van der Waals surface area (Å²) in [5.74, 6) is -3.05. The fourth-order valence-corrected chi connectivity index (χ4v) is 3.15. The Balaban J connectivity index is 3.28. The predicted molar refractivity (Wildman–Crippen MR) is 66.7 cm³/mol. The number of rotatable bonds is 6. The van der Waals surface area contributed by atoms with E-state index in [0.717, 1.165) is 18.2 Å². The van der Waals surface area contributed by atoms with Crippen LogP contribution in [0, 0.1) is 12.7 Å². The fourth-order valence-electron chi connectivity index (χ4n) is 1.59. The zero-order valence-electron chi connectivity index (χ0n) is 10.5. The first-order valence-electron chi connectivity index (χ1n) is 5.41. The molecule has 1 aromatic rings. The maximum absolute atomic E-state index is 13.0. The molecule has 1 aromatic carbocycles. The molecule has 0 aliphatic heterocycles. The predicted octanol–water partition coefficient (Wildman–Crippen LogP) is -0.305. The fraction of sp³-hybridized carbons (Fsp3) is 0.273. The van der Waals surface area contributed by atoms with Gasteiger partial charge in [-0.25, -0.2) is 12.8 Å². The number of carbonyl (C=O) groups excluding carboxylic acids is 1. The molecule has 1 amide bonds. The van der Waals surface area contributed by atoms with E-state index >= 15 is 0 Å². The standard InChI is InChI=1S/C11H13FN2O5S/c1-7-4-8(12)2-3-9(7)20(18,19)14(5-10(13)15)6-11(16)17/h2-4H,5-6H2,1H3,(H2,13,15)(H,16,17). The third kappa shape index (κ3) is 3.75. The van der Waals surface area contributed by atoms with Crippen molar-refractivity contribution in [2.75, 3.05) is 13.1 Å². The summed E-state index contributed by atoms with van der Waals surface area (Å²) in [5.41, 5.74) is 5.01. The zero-order chi connectivity index (χ0) is 15.5. The van der Waals surface area contributed by atoms with Gasteiger partial charge < -0.3 is 10.8 Å². The number of nitrogens with two attached hydrogens (primary N) is 1. The van der Waals surface area contributed by atoms with E-state index in [2.05, 4.69) is 0 Å². The molecule has 0 aliphatic rings. The van der Waals surface area contributed by atoms with Crippen LogP contribution in [0.15, 0.2) is 23.1 Å². The Labute approximate surface area is 114 Å². The first-order valence-corrected chi connectivity index (χ1v) is 6.85. The van der Waals surface area contributed by atoms with Crippen LogP contribution >= 0.6 is 0 Å². The van der Waals surface area contributed by atoms with Crippen LogP contribution in [0.25, 0.3) is 0 Å². The number of carbonyl (C=O) groups is 2. The quantitative estimate of drug-likeness (QED) is 0.747. The number of aryl methyl sites for hydroxylation is 1. The maximum atomic E-state index is 13.0. The van der Waals surface area contributed by atoms with Crippen molar-refractivity contribution < 1.29 is 27.5 Å². The first-order chi connectivity index (χ1) is 9.14. The third-order valence-corrected chi connectivity index (χ3v) is 4.35. The molecule has 0 bridgehead atoms. The molecule has 20 heavy (non-hydrogen) atoms. The molecule has 0 fully saturated rings. The Morgan fingerprint density at radius 1 is 1.35 bits per heavy atom. The third-order valence-electron chi connectivity index (χ3n) is 2.40. The van der Waals surface area contributed by atoms with Gasteiger partial charge in [-0.3, -0.25) is 9.59 Å². The van der Waals surface area contributed by atoms with Crippen LogP contribution in [0.3, 0.4) is 0 Å². The molecule has 110 valence electrons. The summed E-state index contributed by atoms with van der Waals surface area (Å²) >= 11 is 0. The molecule has 0 aromatic heterocycles. The number of nitrogens with zero attached hydrogens (tertiary/aromatic N) is 1. The van der Waals surface area contributed by atoms with Crippen LogP contribution in [0.1, 0.15) is 5.56 Å². The van der Waals surface area contributed by atoms with Crippen LogP contribution in [0.2, 0.25) is 0 Å². The average Bonchev–Trinajstić information content (AvgIpc) is 2.26. The summed E-state index contributed by atoms with van der Waals surface area (Å²) in [6.07, 6.45) is 0. The highest BCUT2D eigenvalue weighted by molar-refractivity contribution is 7.89. The van der Waals surface area contributed by atoms with Crippen LogP contribution in [-0.4, -0.2) is 42.8 Å². The van der Waals surface area contributed by atoms with Crippen LogP contribution in [0.5, 0.6) is 0 Å². The maximum Gasteiger partial charge on any atom is 0.318 e. The van der Waals surface area contributed by atoms with Gasteiger partial charge in [-0.15, -0.1) is 0 Å². The molecule has 0 aliphatic carbocycles. The van der Waals surface area contributed by atoms with Gasteiger partial charge in [-0.1, -0.05) is 0 Å². The van der Waals surface area contributed by atoms with E-state index in [0.29, 0.717) is 4.31 Å². The van der Waals surface area contributed by atoms with Crippen molar-refractivity contribution in [1.82, 2.24) is 4.31 Å². The Morgan fingerprint density at radius 3 is 2.40 bits per heavy atom. The molecule has 3 N–H and O–H groups in total. The van der Waals surface area contributed by atoms with Gasteiger partial charge >= 0.3 is 5.97 Å². The number of carboxylic acids is 1.